The van der Waals surface area contributed by atoms with Gasteiger partial charge in [0.25, 0.3) is 0 Å². The van der Waals surface area contributed by atoms with Gasteiger partial charge in [-0.2, -0.15) is 13.2 Å². The Labute approximate surface area is 168 Å². The van der Waals surface area contributed by atoms with Gasteiger partial charge >= 0.3 is 12.1 Å². The number of anilines is 2. The summed E-state index contributed by atoms with van der Waals surface area (Å²) in [7, 11) is 0. The maximum atomic E-state index is 12.9. The van der Waals surface area contributed by atoms with Crippen LogP contribution in [0.2, 0.25) is 0 Å². The Morgan fingerprint density at radius 2 is 1.90 bits per heavy atom. The average Bonchev–Trinajstić information content (AvgIpc) is 3.23. The molecule has 1 spiro atoms. The molecule has 2 unspecified atom stereocenters. The summed E-state index contributed by atoms with van der Waals surface area (Å²) in [6.07, 6.45) is 2.38. The van der Waals surface area contributed by atoms with E-state index >= 15 is 0 Å². The first kappa shape index (κ1) is 21.4. The van der Waals surface area contributed by atoms with Crippen molar-refractivity contribution in [1.29, 1.82) is 0 Å². The zero-order chi connectivity index (χ0) is 21.9. The quantitative estimate of drug-likeness (QED) is 0.725. The van der Waals surface area contributed by atoms with Crippen molar-refractivity contribution in [3.8, 4) is 0 Å². The van der Waals surface area contributed by atoms with Gasteiger partial charge in [0, 0.05) is 30.6 Å². The fourth-order valence-electron chi connectivity index (χ4n) is 3.37. The van der Waals surface area contributed by atoms with E-state index in [-0.39, 0.29) is 17.2 Å². The van der Waals surface area contributed by atoms with Gasteiger partial charge in [-0.1, -0.05) is 0 Å². The third-order valence-corrected chi connectivity index (χ3v) is 4.95. The van der Waals surface area contributed by atoms with Gasteiger partial charge < -0.3 is 15.3 Å². The van der Waals surface area contributed by atoms with E-state index in [0.717, 1.165) is 31.6 Å². The molecule has 2 aliphatic rings. The van der Waals surface area contributed by atoms with Crippen molar-refractivity contribution in [3.63, 3.8) is 0 Å². The molecule has 0 bridgehead atoms. The Balaban J connectivity index is 0.000000318. The minimum atomic E-state index is -5.08. The van der Waals surface area contributed by atoms with Gasteiger partial charge in [0.15, 0.2) is 5.82 Å². The first-order valence-corrected chi connectivity index (χ1v) is 8.84. The molecule has 2 fully saturated rings. The topological polar surface area (TPSA) is 108 Å². The molecule has 8 nitrogen and oxygen atoms in total. The average molecular weight is 427 g/mol. The number of carboxylic acid groups (broad SMARTS) is 1. The van der Waals surface area contributed by atoms with Gasteiger partial charge in [-0.15, -0.1) is 0 Å². The van der Waals surface area contributed by atoms with Crippen LogP contribution in [0.1, 0.15) is 12.8 Å². The second-order valence-corrected chi connectivity index (χ2v) is 7.03. The number of nitrogens with one attached hydrogen (secondary N) is 1. The molecule has 0 radical (unpaired) electrons. The number of hydrogen-bond donors (Lipinski definition) is 2. The Hall–Kier alpha value is -3.31. The highest BCUT2D eigenvalue weighted by Crippen LogP contribution is 2.59. The van der Waals surface area contributed by atoms with E-state index in [2.05, 4.69) is 20.3 Å². The van der Waals surface area contributed by atoms with Crippen LogP contribution in [0, 0.1) is 17.2 Å². The number of carbonyl (C=O) groups excluding carboxylic acids is 1. The molecule has 1 saturated carbocycles. The maximum Gasteiger partial charge on any atom is 0.490 e. The number of carboxylic acids is 1. The van der Waals surface area contributed by atoms with Gasteiger partial charge in [-0.3, -0.25) is 9.78 Å². The van der Waals surface area contributed by atoms with E-state index in [0.29, 0.717) is 5.95 Å². The molecular formula is C18H17F4N5O3. The molecule has 160 valence electrons. The van der Waals surface area contributed by atoms with Crippen molar-refractivity contribution >= 4 is 23.5 Å². The molecule has 1 aliphatic carbocycles. The fraction of sp³-hybridized carbons (Fsp3) is 0.389. The highest BCUT2D eigenvalue weighted by Gasteiger charge is 2.61. The van der Waals surface area contributed by atoms with E-state index in [9.17, 15) is 22.4 Å². The second-order valence-electron chi connectivity index (χ2n) is 7.03. The van der Waals surface area contributed by atoms with E-state index in [1.165, 1.54) is 12.4 Å². The summed E-state index contributed by atoms with van der Waals surface area (Å²) in [6, 6.07) is 3.62. The summed E-state index contributed by atoms with van der Waals surface area (Å²) in [5.74, 6) is -2.62. The monoisotopic (exact) mass is 427 g/mol. The lowest BCUT2D eigenvalue weighted by Crippen LogP contribution is -2.25. The standard InChI is InChI=1S/C16H16FN5O.C2HF3O2/c17-11-7-19-15(20-8-11)22-5-3-16(10-22)6-13(16)14(23)21-12-2-1-4-18-9-12;3-2(4,5)1(6)7/h1-2,4,7-9,13H,3,5-6,10H2,(H,21,23);(H,6,7). The minimum absolute atomic E-state index is 0.00401. The third-order valence-electron chi connectivity index (χ3n) is 4.95. The second kappa shape index (κ2) is 8.20. The predicted octanol–water partition coefficient (Wildman–Crippen LogP) is 2.50. The van der Waals surface area contributed by atoms with Crippen molar-refractivity contribution < 1.29 is 32.3 Å². The lowest BCUT2D eigenvalue weighted by atomic mass is 10.0. The van der Waals surface area contributed by atoms with Crippen LogP contribution in [0.4, 0.5) is 29.2 Å². The van der Waals surface area contributed by atoms with Crippen LogP contribution in [0.15, 0.2) is 36.9 Å². The number of pyridine rings is 1. The number of aliphatic carboxylic acids is 1. The molecule has 2 aromatic rings. The van der Waals surface area contributed by atoms with Gasteiger partial charge in [0.05, 0.1) is 24.3 Å². The predicted molar refractivity (Wildman–Crippen MR) is 95.9 cm³/mol. The van der Waals surface area contributed by atoms with Crippen LogP contribution in [0.3, 0.4) is 0 Å². The Morgan fingerprint density at radius 3 is 2.47 bits per heavy atom. The minimum Gasteiger partial charge on any atom is -0.475 e. The largest absolute Gasteiger partial charge is 0.490 e. The molecule has 2 aromatic heterocycles. The maximum absolute atomic E-state index is 12.9. The molecule has 12 heteroatoms. The number of nitrogens with zero attached hydrogens (tertiary/aromatic N) is 4. The van der Waals surface area contributed by atoms with E-state index in [1.54, 1.807) is 18.5 Å². The Morgan fingerprint density at radius 1 is 1.23 bits per heavy atom. The lowest BCUT2D eigenvalue weighted by Gasteiger charge is -2.16. The number of halogens is 4. The molecular weight excluding hydrogens is 410 g/mol. The van der Waals surface area contributed by atoms with Crippen LogP contribution >= 0.6 is 0 Å². The SMILES string of the molecule is O=C(Nc1cccnc1)C1CC12CCN(c1ncc(F)cn1)C2.O=C(O)C(F)(F)F. The molecule has 1 amide bonds. The highest BCUT2D eigenvalue weighted by molar-refractivity contribution is 5.95. The lowest BCUT2D eigenvalue weighted by molar-refractivity contribution is -0.192. The summed E-state index contributed by atoms with van der Waals surface area (Å²) in [5.41, 5.74) is 0.723. The van der Waals surface area contributed by atoms with E-state index in [1.807, 2.05) is 11.0 Å². The van der Waals surface area contributed by atoms with Crippen molar-refractivity contribution in [2.75, 3.05) is 23.3 Å². The number of carbonyl (C=O) groups is 2. The molecule has 1 aliphatic heterocycles. The van der Waals surface area contributed by atoms with Crippen molar-refractivity contribution in [1.82, 2.24) is 15.0 Å². The highest BCUT2D eigenvalue weighted by atomic mass is 19.4. The normalized spacial score (nSPS) is 22.3. The van der Waals surface area contributed by atoms with Crippen LogP contribution in [0.5, 0.6) is 0 Å². The van der Waals surface area contributed by atoms with Crippen LogP contribution in [-0.2, 0) is 9.59 Å². The van der Waals surface area contributed by atoms with Crippen molar-refractivity contribution in [2.45, 2.75) is 19.0 Å². The van der Waals surface area contributed by atoms with Gasteiger partial charge in [-0.25, -0.2) is 19.2 Å². The van der Waals surface area contributed by atoms with Crippen LogP contribution in [0.25, 0.3) is 0 Å². The third kappa shape index (κ3) is 4.99. The zero-order valence-corrected chi connectivity index (χ0v) is 15.4. The smallest absolute Gasteiger partial charge is 0.475 e. The summed E-state index contributed by atoms with van der Waals surface area (Å²) >= 11 is 0. The van der Waals surface area contributed by atoms with Crippen LogP contribution < -0.4 is 10.2 Å². The van der Waals surface area contributed by atoms with Crippen molar-refractivity contribution in [2.24, 2.45) is 11.3 Å². The molecule has 1 saturated heterocycles. The number of rotatable bonds is 3. The molecule has 2 atom stereocenters. The number of hydrogen-bond acceptors (Lipinski definition) is 6. The summed E-state index contributed by atoms with van der Waals surface area (Å²) in [5, 5.41) is 10.0. The summed E-state index contributed by atoms with van der Waals surface area (Å²) < 4.78 is 44.6. The summed E-state index contributed by atoms with van der Waals surface area (Å²) in [6.45, 7) is 1.53. The van der Waals surface area contributed by atoms with Crippen LogP contribution in [-0.4, -0.2) is 51.2 Å². The first-order valence-electron chi connectivity index (χ1n) is 8.84. The Bertz CT molecular complexity index is 910. The Kier molecular flexibility index (Phi) is 5.85. The molecule has 3 heterocycles. The number of amides is 1. The molecule has 0 aromatic carbocycles. The van der Waals surface area contributed by atoms with E-state index < -0.39 is 18.0 Å². The van der Waals surface area contributed by atoms with Gasteiger partial charge in [-0.05, 0) is 25.0 Å². The van der Waals surface area contributed by atoms with E-state index in [4.69, 9.17) is 9.90 Å². The summed E-state index contributed by atoms with van der Waals surface area (Å²) in [4.78, 5) is 35.3. The fourth-order valence-corrected chi connectivity index (χ4v) is 3.37. The zero-order valence-electron chi connectivity index (χ0n) is 15.4. The van der Waals surface area contributed by atoms with Crippen molar-refractivity contribution in [3.05, 3.63) is 42.7 Å². The molecule has 4 rings (SSSR count). The van der Waals surface area contributed by atoms with Gasteiger partial charge in [0.2, 0.25) is 11.9 Å². The number of alkyl halides is 3. The molecule has 2 N–H and O–H groups in total. The number of aromatic nitrogens is 3. The first-order chi connectivity index (χ1) is 14.1. The molecule has 30 heavy (non-hydrogen) atoms. The van der Waals surface area contributed by atoms with Gasteiger partial charge in [0.1, 0.15) is 0 Å².